The molecule has 2 fully saturated rings. The minimum Gasteiger partial charge on any atom is -0.342 e. The molecule has 3 heterocycles. The van der Waals surface area contributed by atoms with Crippen molar-refractivity contribution in [1.82, 2.24) is 15.2 Å². The highest BCUT2D eigenvalue weighted by molar-refractivity contribution is 8.01. The van der Waals surface area contributed by atoms with Gasteiger partial charge >= 0.3 is 0 Å². The Balaban J connectivity index is 0.00000169. The van der Waals surface area contributed by atoms with Crippen LogP contribution in [0.3, 0.4) is 0 Å². The molecule has 1 aromatic heterocycles. The van der Waals surface area contributed by atoms with Crippen LogP contribution in [0.4, 0.5) is 0 Å². The van der Waals surface area contributed by atoms with Gasteiger partial charge in [-0.05, 0) is 37.8 Å². The standard InChI is InChI=1S/C17H21N3OS2.ClH/c1-20(13-8-11-6-7-12(9-13)18-11)16(21)10-22-17-19-14-4-2-3-5-15(14)23-17;/h2-5,11-13,18H,6-10H2,1H3;1H. The number of hydrogen-bond donors (Lipinski definition) is 1. The first-order chi connectivity index (χ1) is 11.2. The van der Waals surface area contributed by atoms with E-state index in [1.807, 2.05) is 30.1 Å². The predicted octanol–water partition coefficient (Wildman–Crippen LogP) is 3.55. The summed E-state index contributed by atoms with van der Waals surface area (Å²) in [5.41, 5.74) is 1.02. The average molecular weight is 384 g/mol. The van der Waals surface area contributed by atoms with Gasteiger partial charge in [0.05, 0.1) is 16.0 Å². The van der Waals surface area contributed by atoms with E-state index in [0.717, 1.165) is 22.7 Å². The zero-order chi connectivity index (χ0) is 15.8. The van der Waals surface area contributed by atoms with Gasteiger partial charge in [0.15, 0.2) is 4.34 Å². The maximum Gasteiger partial charge on any atom is 0.233 e. The Kier molecular flexibility index (Phi) is 5.70. The van der Waals surface area contributed by atoms with Gasteiger partial charge in [-0.1, -0.05) is 23.9 Å². The first-order valence-corrected chi connectivity index (χ1v) is 9.99. The first-order valence-electron chi connectivity index (χ1n) is 8.19. The van der Waals surface area contributed by atoms with E-state index in [1.165, 1.54) is 17.5 Å². The van der Waals surface area contributed by atoms with Crippen molar-refractivity contribution >= 4 is 51.6 Å². The van der Waals surface area contributed by atoms with Crippen LogP contribution in [0.2, 0.25) is 0 Å². The molecule has 7 heteroatoms. The van der Waals surface area contributed by atoms with Crippen LogP contribution < -0.4 is 5.32 Å². The van der Waals surface area contributed by atoms with Crippen molar-refractivity contribution in [2.75, 3.05) is 12.8 Å². The third-order valence-corrected chi connectivity index (χ3v) is 7.15. The molecule has 4 nitrogen and oxygen atoms in total. The minimum atomic E-state index is 0. The number of thioether (sulfide) groups is 1. The molecule has 0 aliphatic carbocycles. The third kappa shape index (κ3) is 3.72. The predicted molar refractivity (Wildman–Crippen MR) is 103 cm³/mol. The van der Waals surface area contributed by atoms with E-state index in [9.17, 15) is 4.79 Å². The number of thiazole rings is 1. The summed E-state index contributed by atoms with van der Waals surface area (Å²) in [4.78, 5) is 19.1. The quantitative estimate of drug-likeness (QED) is 0.820. The Hall–Kier alpha value is -0.820. The minimum absolute atomic E-state index is 0. The Bertz CT molecular complexity index is 678. The summed E-state index contributed by atoms with van der Waals surface area (Å²) in [7, 11) is 1.97. The highest BCUT2D eigenvalue weighted by atomic mass is 35.5. The Morgan fingerprint density at radius 1 is 1.33 bits per heavy atom. The molecular weight excluding hydrogens is 362 g/mol. The number of nitrogens with one attached hydrogen (secondary N) is 1. The second-order valence-electron chi connectivity index (χ2n) is 6.50. The molecule has 2 saturated heterocycles. The lowest BCUT2D eigenvalue weighted by Gasteiger charge is -2.35. The summed E-state index contributed by atoms with van der Waals surface area (Å²) in [5.74, 6) is 0.704. The van der Waals surface area contributed by atoms with Crippen LogP contribution >= 0.6 is 35.5 Å². The number of hydrogen-bond acceptors (Lipinski definition) is 5. The van der Waals surface area contributed by atoms with Crippen molar-refractivity contribution in [2.45, 2.75) is 48.1 Å². The topological polar surface area (TPSA) is 45.2 Å². The first kappa shape index (κ1) is 18.0. The van der Waals surface area contributed by atoms with Gasteiger partial charge in [0.1, 0.15) is 0 Å². The molecule has 24 heavy (non-hydrogen) atoms. The van der Waals surface area contributed by atoms with Gasteiger partial charge in [-0.25, -0.2) is 4.98 Å². The van der Waals surface area contributed by atoms with Crippen LogP contribution in [-0.2, 0) is 4.79 Å². The second-order valence-corrected chi connectivity index (χ2v) is 8.76. The molecule has 2 aromatic rings. The lowest BCUT2D eigenvalue weighted by atomic mass is 9.98. The number of para-hydroxylation sites is 1. The molecule has 0 radical (unpaired) electrons. The number of aromatic nitrogens is 1. The van der Waals surface area contributed by atoms with Crippen LogP contribution in [0.25, 0.3) is 10.2 Å². The van der Waals surface area contributed by atoms with Crippen molar-refractivity contribution in [2.24, 2.45) is 0 Å². The maximum atomic E-state index is 12.5. The molecule has 2 aliphatic rings. The van der Waals surface area contributed by atoms with Crippen molar-refractivity contribution in [3.63, 3.8) is 0 Å². The highest BCUT2D eigenvalue weighted by Gasteiger charge is 2.36. The van der Waals surface area contributed by atoms with Gasteiger partial charge in [0.2, 0.25) is 5.91 Å². The fourth-order valence-electron chi connectivity index (χ4n) is 3.69. The molecule has 0 saturated carbocycles. The molecular formula is C17H22ClN3OS2. The Morgan fingerprint density at radius 3 is 2.75 bits per heavy atom. The fraction of sp³-hybridized carbons (Fsp3) is 0.529. The summed E-state index contributed by atoms with van der Waals surface area (Å²) >= 11 is 3.23. The van der Waals surface area contributed by atoms with Crippen LogP contribution in [0.1, 0.15) is 25.7 Å². The summed E-state index contributed by atoms with van der Waals surface area (Å²) in [6, 6.07) is 9.76. The number of benzene rings is 1. The zero-order valence-electron chi connectivity index (χ0n) is 13.6. The molecule has 1 aromatic carbocycles. The van der Waals surface area contributed by atoms with E-state index in [1.54, 1.807) is 23.1 Å². The van der Waals surface area contributed by atoms with Gasteiger partial charge in [0.25, 0.3) is 0 Å². The summed E-state index contributed by atoms with van der Waals surface area (Å²) in [6.07, 6.45) is 4.74. The van der Waals surface area contributed by atoms with E-state index in [0.29, 0.717) is 23.9 Å². The number of carbonyl (C=O) groups excluding carboxylic acids is 1. The van der Waals surface area contributed by atoms with Crippen LogP contribution in [0.5, 0.6) is 0 Å². The lowest BCUT2D eigenvalue weighted by molar-refractivity contribution is -0.129. The number of carbonyl (C=O) groups is 1. The number of nitrogens with zero attached hydrogens (tertiary/aromatic N) is 2. The highest BCUT2D eigenvalue weighted by Crippen LogP contribution is 2.31. The van der Waals surface area contributed by atoms with Gasteiger partial charge in [-0.3, -0.25) is 4.79 Å². The smallest absolute Gasteiger partial charge is 0.233 e. The Morgan fingerprint density at radius 2 is 2.04 bits per heavy atom. The number of rotatable bonds is 4. The van der Waals surface area contributed by atoms with E-state index >= 15 is 0 Å². The number of fused-ring (bicyclic) bond motifs is 3. The molecule has 2 aliphatic heterocycles. The van der Waals surface area contributed by atoms with Gasteiger partial charge in [-0.15, -0.1) is 23.7 Å². The monoisotopic (exact) mass is 383 g/mol. The molecule has 4 rings (SSSR count). The summed E-state index contributed by atoms with van der Waals surface area (Å²) in [5, 5.41) is 3.64. The van der Waals surface area contributed by atoms with Crippen molar-refractivity contribution < 1.29 is 4.79 Å². The van der Waals surface area contributed by atoms with Gasteiger partial charge < -0.3 is 10.2 Å². The Labute approximate surface area is 156 Å². The summed E-state index contributed by atoms with van der Waals surface area (Å²) < 4.78 is 2.17. The van der Waals surface area contributed by atoms with Crippen LogP contribution in [0.15, 0.2) is 28.6 Å². The third-order valence-electron chi connectivity index (χ3n) is 4.98. The number of piperidine rings is 1. The normalized spacial score (nSPS) is 25.5. The molecule has 1 amide bonds. The van der Waals surface area contributed by atoms with Crippen molar-refractivity contribution in [3.05, 3.63) is 24.3 Å². The largest absolute Gasteiger partial charge is 0.342 e. The second kappa shape index (κ2) is 7.60. The lowest BCUT2D eigenvalue weighted by Crippen LogP contribution is -2.49. The van der Waals surface area contributed by atoms with E-state index in [4.69, 9.17) is 0 Å². The molecule has 2 unspecified atom stereocenters. The van der Waals surface area contributed by atoms with E-state index < -0.39 is 0 Å². The SMILES string of the molecule is CN(C(=O)CSc1nc2ccccc2s1)C1CC2CCC(C1)N2.Cl. The number of halogens is 1. The van der Waals surface area contributed by atoms with Crippen LogP contribution in [0, 0.1) is 0 Å². The molecule has 1 N–H and O–H groups in total. The fourth-order valence-corrected chi connectivity index (χ4v) is 5.68. The van der Waals surface area contributed by atoms with Crippen LogP contribution in [-0.4, -0.2) is 46.7 Å². The maximum absolute atomic E-state index is 12.5. The average Bonchev–Trinajstić information content (AvgIpc) is 3.14. The zero-order valence-corrected chi connectivity index (χ0v) is 16.1. The van der Waals surface area contributed by atoms with E-state index in [2.05, 4.69) is 16.4 Å². The van der Waals surface area contributed by atoms with Crippen molar-refractivity contribution in [3.8, 4) is 0 Å². The molecule has 2 bridgehead atoms. The van der Waals surface area contributed by atoms with E-state index in [-0.39, 0.29) is 18.3 Å². The molecule has 2 atom stereocenters. The van der Waals surface area contributed by atoms with Gasteiger partial charge in [-0.2, -0.15) is 0 Å². The number of amides is 1. The molecule has 0 spiro atoms. The summed E-state index contributed by atoms with van der Waals surface area (Å²) in [6.45, 7) is 0. The van der Waals surface area contributed by atoms with Crippen molar-refractivity contribution in [1.29, 1.82) is 0 Å². The van der Waals surface area contributed by atoms with Gasteiger partial charge in [0, 0.05) is 25.2 Å². The molecule has 130 valence electrons.